The first-order chi connectivity index (χ1) is 10.1. The highest BCUT2D eigenvalue weighted by Gasteiger charge is 2.24. The van der Waals surface area contributed by atoms with Gasteiger partial charge >= 0.3 is 6.03 Å². The third kappa shape index (κ3) is 4.12. The summed E-state index contributed by atoms with van der Waals surface area (Å²) in [4.78, 5) is 13.6. The molecule has 0 aromatic heterocycles. The first-order valence-corrected chi connectivity index (χ1v) is 6.72. The van der Waals surface area contributed by atoms with E-state index in [0.29, 0.717) is 32.7 Å². The Bertz CT molecular complexity index is 499. The lowest BCUT2D eigenvalue weighted by Crippen LogP contribution is -2.47. The van der Waals surface area contributed by atoms with Gasteiger partial charge in [-0.25, -0.2) is 13.6 Å². The zero-order chi connectivity index (χ0) is 15.2. The molecule has 1 aliphatic rings. The SMILES string of the molecule is COCC[C@H]1CN(C(=O)Nc2cccc(F)c2F)CCO1. The van der Waals surface area contributed by atoms with Crippen molar-refractivity contribution in [2.45, 2.75) is 12.5 Å². The normalized spacial score (nSPS) is 18.6. The molecular weight excluding hydrogens is 282 g/mol. The lowest BCUT2D eigenvalue weighted by atomic mass is 10.2. The number of nitrogens with zero attached hydrogens (tertiary/aromatic N) is 1. The highest BCUT2D eigenvalue weighted by atomic mass is 19.2. The van der Waals surface area contributed by atoms with E-state index in [4.69, 9.17) is 9.47 Å². The number of carbonyl (C=O) groups is 1. The van der Waals surface area contributed by atoms with Crippen LogP contribution in [0.1, 0.15) is 6.42 Å². The van der Waals surface area contributed by atoms with Crippen molar-refractivity contribution in [2.75, 3.05) is 38.7 Å². The van der Waals surface area contributed by atoms with Crippen LogP contribution in [0.4, 0.5) is 19.3 Å². The van der Waals surface area contributed by atoms with Crippen LogP contribution >= 0.6 is 0 Å². The topological polar surface area (TPSA) is 50.8 Å². The van der Waals surface area contributed by atoms with Gasteiger partial charge in [0.2, 0.25) is 0 Å². The second-order valence-electron chi connectivity index (χ2n) is 4.75. The second-order valence-corrected chi connectivity index (χ2v) is 4.75. The van der Waals surface area contributed by atoms with E-state index in [1.54, 1.807) is 7.11 Å². The van der Waals surface area contributed by atoms with Gasteiger partial charge in [-0.2, -0.15) is 0 Å². The number of morpholine rings is 1. The molecule has 1 fully saturated rings. The largest absolute Gasteiger partial charge is 0.385 e. The van der Waals surface area contributed by atoms with Crippen LogP contribution in [0.3, 0.4) is 0 Å². The van der Waals surface area contributed by atoms with Crippen LogP contribution < -0.4 is 5.32 Å². The first kappa shape index (κ1) is 15.7. The van der Waals surface area contributed by atoms with Crippen LogP contribution in [-0.4, -0.2) is 50.4 Å². The molecule has 116 valence electrons. The van der Waals surface area contributed by atoms with Crippen molar-refractivity contribution in [1.82, 2.24) is 4.90 Å². The van der Waals surface area contributed by atoms with Crippen molar-refractivity contribution in [2.24, 2.45) is 0 Å². The first-order valence-electron chi connectivity index (χ1n) is 6.72. The highest BCUT2D eigenvalue weighted by Crippen LogP contribution is 2.18. The summed E-state index contributed by atoms with van der Waals surface area (Å²) in [6.07, 6.45) is 0.566. The standard InChI is InChI=1S/C14H18F2N2O3/c1-20-7-5-10-9-18(6-8-21-10)14(19)17-12-4-2-3-11(15)13(12)16/h2-4,10H,5-9H2,1H3,(H,17,19)/t10-/m0/s1. The van der Waals surface area contributed by atoms with Crippen LogP contribution in [0, 0.1) is 11.6 Å². The van der Waals surface area contributed by atoms with E-state index in [1.165, 1.54) is 17.0 Å². The van der Waals surface area contributed by atoms with E-state index in [9.17, 15) is 13.6 Å². The maximum Gasteiger partial charge on any atom is 0.322 e. The van der Waals surface area contributed by atoms with E-state index in [1.807, 2.05) is 0 Å². The maximum atomic E-state index is 13.5. The number of methoxy groups -OCH3 is 1. The molecule has 1 aliphatic heterocycles. The lowest BCUT2D eigenvalue weighted by Gasteiger charge is -2.32. The Hall–Kier alpha value is -1.73. The zero-order valence-corrected chi connectivity index (χ0v) is 11.8. The van der Waals surface area contributed by atoms with Gasteiger partial charge in [0.1, 0.15) is 0 Å². The molecule has 7 heteroatoms. The third-order valence-corrected chi connectivity index (χ3v) is 3.26. The van der Waals surface area contributed by atoms with Gasteiger partial charge < -0.3 is 19.7 Å². The third-order valence-electron chi connectivity index (χ3n) is 3.26. The van der Waals surface area contributed by atoms with Gasteiger partial charge in [-0.3, -0.25) is 0 Å². The van der Waals surface area contributed by atoms with Crippen LogP contribution in [0.25, 0.3) is 0 Å². The molecule has 0 aliphatic carbocycles. The molecule has 2 rings (SSSR count). The van der Waals surface area contributed by atoms with Crippen LogP contribution in [0.15, 0.2) is 18.2 Å². The van der Waals surface area contributed by atoms with Gasteiger partial charge in [-0.1, -0.05) is 6.07 Å². The highest BCUT2D eigenvalue weighted by molar-refractivity contribution is 5.89. The number of ether oxygens (including phenoxy) is 2. The minimum absolute atomic E-state index is 0.109. The quantitative estimate of drug-likeness (QED) is 0.927. The van der Waals surface area contributed by atoms with Crippen molar-refractivity contribution in [3.05, 3.63) is 29.8 Å². The van der Waals surface area contributed by atoms with E-state index >= 15 is 0 Å². The number of anilines is 1. The number of hydrogen-bond acceptors (Lipinski definition) is 3. The molecule has 0 radical (unpaired) electrons. The van der Waals surface area contributed by atoms with Crippen LogP contribution in [0.5, 0.6) is 0 Å². The number of hydrogen-bond donors (Lipinski definition) is 1. The second kappa shape index (κ2) is 7.33. The number of amides is 2. The predicted octanol–water partition coefficient (Wildman–Crippen LogP) is 2.23. The fourth-order valence-corrected chi connectivity index (χ4v) is 2.12. The fraction of sp³-hybridized carbons (Fsp3) is 0.500. The van der Waals surface area contributed by atoms with E-state index in [0.717, 1.165) is 6.07 Å². The van der Waals surface area contributed by atoms with E-state index in [2.05, 4.69) is 5.32 Å². The summed E-state index contributed by atoms with van der Waals surface area (Å²) in [5.41, 5.74) is -0.167. The molecule has 2 amide bonds. The van der Waals surface area contributed by atoms with Gasteiger partial charge in [0.05, 0.1) is 18.4 Å². The number of halogens is 2. The molecule has 1 N–H and O–H groups in total. The molecule has 5 nitrogen and oxygen atoms in total. The molecule has 1 atom stereocenters. The van der Waals surface area contributed by atoms with Crippen molar-refractivity contribution in [3.8, 4) is 0 Å². The molecule has 1 saturated heterocycles. The number of carbonyl (C=O) groups excluding carboxylic acids is 1. The Morgan fingerprint density at radius 3 is 3.10 bits per heavy atom. The van der Waals surface area contributed by atoms with Crippen LogP contribution in [0.2, 0.25) is 0 Å². The minimum Gasteiger partial charge on any atom is -0.385 e. The molecule has 0 bridgehead atoms. The smallest absolute Gasteiger partial charge is 0.322 e. The molecular formula is C14H18F2N2O3. The predicted molar refractivity (Wildman–Crippen MR) is 73.2 cm³/mol. The Kier molecular flexibility index (Phi) is 5.46. The summed E-state index contributed by atoms with van der Waals surface area (Å²) in [5, 5.41) is 2.38. The van der Waals surface area contributed by atoms with Gasteiger partial charge in [0.15, 0.2) is 11.6 Å². The minimum atomic E-state index is -1.06. The summed E-state index contributed by atoms with van der Waals surface area (Å²) in [5.74, 6) is -2.05. The molecule has 1 heterocycles. The fourth-order valence-electron chi connectivity index (χ4n) is 2.12. The van der Waals surface area contributed by atoms with Crippen molar-refractivity contribution < 1.29 is 23.0 Å². The number of nitrogens with one attached hydrogen (secondary N) is 1. The summed E-state index contributed by atoms with van der Waals surface area (Å²) < 4.78 is 37.1. The Labute approximate surface area is 121 Å². The van der Waals surface area contributed by atoms with Crippen molar-refractivity contribution in [1.29, 1.82) is 0 Å². The average Bonchev–Trinajstić information content (AvgIpc) is 2.50. The zero-order valence-electron chi connectivity index (χ0n) is 11.8. The molecule has 0 spiro atoms. The van der Waals surface area contributed by atoms with E-state index < -0.39 is 17.7 Å². The molecule has 1 aromatic rings. The van der Waals surface area contributed by atoms with Crippen molar-refractivity contribution >= 4 is 11.7 Å². The Morgan fingerprint density at radius 1 is 1.52 bits per heavy atom. The van der Waals surface area contributed by atoms with Crippen LogP contribution in [-0.2, 0) is 9.47 Å². The molecule has 21 heavy (non-hydrogen) atoms. The van der Waals surface area contributed by atoms with Gasteiger partial charge in [-0.15, -0.1) is 0 Å². The van der Waals surface area contributed by atoms with Crippen molar-refractivity contribution in [3.63, 3.8) is 0 Å². The van der Waals surface area contributed by atoms with Gasteiger partial charge in [0, 0.05) is 26.8 Å². The van der Waals surface area contributed by atoms with Gasteiger partial charge in [0.25, 0.3) is 0 Å². The van der Waals surface area contributed by atoms with E-state index in [-0.39, 0.29) is 11.8 Å². The number of rotatable bonds is 4. The summed E-state index contributed by atoms with van der Waals surface area (Å²) >= 11 is 0. The average molecular weight is 300 g/mol. The molecule has 0 unspecified atom stereocenters. The monoisotopic (exact) mass is 300 g/mol. The molecule has 0 saturated carbocycles. The summed E-state index contributed by atoms with van der Waals surface area (Å²) in [6, 6.07) is 3.19. The summed E-state index contributed by atoms with van der Waals surface area (Å²) in [7, 11) is 1.60. The Balaban J connectivity index is 1.95. The number of benzene rings is 1. The molecule has 1 aromatic carbocycles. The number of urea groups is 1. The lowest BCUT2D eigenvalue weighted by molar-refractivity contribution is -0.0260. The Morgan fingerprint density at radius 2 is 2.33 bits per heavy atom. The maximum absolute atomic E-state index is 13.5. The van der Waals surface area contributed by atoms with Gasteiger partial charge in [-0.05, 0) is 18.6 Å². The summed E-state index contributed by atoms with van der Waals surface area (Å²) in [6.45, 7) is 1.75.